The zero-order chi connectivity index (χ0) is 13.2. The highest BCUT2D eigenvalue weighted by atomic mass is 35.5. The molecule has 2 aromatic rings. The highest BCUT2D eigenvalue weighted by Crippen LogP contribution is 2.39. The van der Waals surface area contributed by atoms with E-state index in [0.717, 1.165) is 16.4 Å². The van der Waals surface area contributed by atoms with Crippen molar-refractivity contribution in [3.8, 4) is 11.5 Å². The van der Waals surface area contributed by atoms with E-state index in [-0.39, 0.29) is 6.79 Å². The van der Waals surface area contributed by atoms with Crippen molar-refractivity contribution in [2.75, 3.05) is 6.79 Å². The van der Waals surface area contributed by atoms with Crippen LogP contribution in [-0.4, -0.2) is 6.79 Å². The van der Waals surface area contributed by atoms with Gasteiger partial charge in [-0.2, -0.15) is 0 Å². The molecule has 2 heterocycles. The van der Waals surface area contributed by atoms with E-state index in [9.17, 15) is 0 Å². The third-order valence-corrected chi connectivity index (χ3v) is 4.26. The molecule has 0 saturated carbocycles. The van der Waals surface area contributed by atoms with Crippen LogP contribution in [0.1, 0.15) is 10.4 Å². The lowest BCUT2D eigenvalue weighted by Gasteiger charge is -2.06. The quantitative estimate of drug-likeness (QED) is 0.922. The van der Waals surface area contributed by atoms with Gasteiger partial charge in [-0.15, -0.1) is 11.3 Å². The van der Waals surface area contributed by atoms with Crippen LogP contribution >= 0.6 is 34.5 Å². The average molecular weight is 316 g/mol. The molecule has 6 heteroatoms. The second-order valence-electron chi connectivity index (χ2n) is 4.12. The van der Waals surface area contributed by atoms with Gasteiger partial charge in [-0.25, -0.2) is 0 Å². The standard InChI is InChI=1S/C13H11Cl2NO2S/c14-10-3-8(4-11-13(10)18-7-17-11)5-16-6-9-1-2-12(15)19-9/h1-4,16H,5-7H2. The maximum Gasteiger partial charge on any atom is 0.231 e. The zero-order valence-electron chi connectivity index (χ0n) is 9.91. The Morgan fingerprint density at radius 3 is 2.84 bits per heavy atom. The lowest BCUT2D eigenvalue weighted by Crippen LogP contribution is -2.11. The van der Waals surface area contributed by atoms with Crippen molar-refractivity contribution in [3.63, 3.8) is 0 Å². The Balaban J connectivity index is 1.63. The fourth-order valence-corrected chi connectivity index (χ4v) is 3.24. The van der Waals surface area contributed by atoms with Crippen molar-refractivity contribution >= 4 is 34.5 Å². The van der Waals surface area contributed by atoms with Crippen LogP contribution in [-0.2, 0) is 13.1 Å². The van der Waals surface area contributed by atoms with Crippen molar-refractivity contribution in [3.05, 3.63) is 44.1 Å². The smallest absolute Gasteiger partial charge is 0.231 e. The van der Waals surface area contributed by atoms with Crippen molar-refractivity contribution in [2.24, 2.45) is 0 Å². The van der Waals surface area contributed by atoms with E-state index < -0.39 is 0 Å². The van der Waals surface area contributed by atoms with Gasteiger partial charge in [0.05, 0.1) is 9.36 Å². The first kappa shape index (κ1) is 13.1. The Morgan fingerprint density at radius 1 is 1.16 bits per heavy atom. The molecule has 19 heavy (non-hydrogen) atoms. The Hall–Kier alpha value is -0.940. The summed E-state index contributed by atoms with van der Waals surface area (Å²) in [6, 6.07) is 7.76. The van der Waals surface area contributed by atoms with E-state index in [4.69, 9.17) is 32.7 Å². The first-order chi connectivity index (χ1) is 9.22. The number of ether oxygens (including phenoxy) is 2. The maximum atomic E-state index is 6.13. The van der Waals surface area contributed by atoms with Gasteiger partial charge >= 0.3 is 0 Å². The van der Waals surface area contributed by atoms with Gasteiger partial charge in [-0.1, -0.05) is 23.2 Å². The van der Waals surface area contributed by atoms with Gasteiger partial charge in [0.1, 0.15) is 0 Å². The third-order valence-electron chi connectivity index (χ3n) is 2.74. The van der Waals surface area contributed by atoms with Crippen LogP contribution in [0.5, 0.6) is 11.5 Å². The molecule has 3 nitrogen and oxygen atoms in total. The highest BCUT2D eigenvalue weighted by molar-refractivity contribution is 7.16. The van der Waals surface area contributed by atoms with Crippen molar-refractivity contribution in [1.82, 2.24) is 5.32 Å². The van der Waals surface area contributed by atoms with Crippen molar-refractivity contribution < 1.29 is 9.47 Å². The number of thiophene rings is 1. The van der Waals surface area contributed by atoms with Gasteiger partial charge < -0.3 is 14.8 Å². The largest absolute Gasteiger partial charge is 0.454 e. The molecule has 0 fully saturated rings. The second kappa shape index (κ2) is 5.59. The van der Waals surface area contributed by atoms with Crippen LogP contribution in [0.3, 0.4) is 0 Å². The van der Waals surface area contributed by atoms with E-state index in [0.29, 0.717) is 23.1 Å². The number of halogens is 2. The van der Waals surface area contributed by atoms with Gasteiger partial charge in [-0.3, -0.25) is 0 Å². The minimum atomic E-state index is 0.236. The van der Waals surface area contributed by atoms with E-state index >= 15 is 0 Å². The molecule has 0 aliphatic carbocycles. The minimum Gasteiger partial charge on any atom is -0.454 e. The molecule has 1 N–H and O–H groups in total. The molecule has 1 aliphatic heterocycles. The molecule has 100 valence electrons. The minimum absolute atomic E-state index is 0.236. The predicted octanol–water partition coefficient (Wildman–Crippen LogP) is 4.07. The molecule has 0 bridgehead atoms. The zero-order valence-corrected chi connectivity index (χ0v) is 12.2. The lowest BCUT2D eigenvalue weighted by molar-refractivity contribution is 0.174. The third kappa shape index (κ3) is 2.98. The number of fused-ring (bicyclic) bond motifs is 1. The lowest BCUT2D eigenvalue weighted by atomic mass is 10.2. The molecule has 0 unspecified atom stereocenters. The maximum absolute atomic E-state index is 6.13. The Morgan fingerprint density at radius 2 is 2.05 bits per heavy atom. The fourth-order valence-electron chi connectivity index (χ4n) is 1.90. The second-order valence-corrected chi connectivity index (χ2v) is 6.33. The number of benzene rings is 1. The van der Waals surface area contributed by atoms with Crippen LogP contribution in [0.15, 0.2) is 24.3 Å². The molecular weight excluding hydrogens is 305 g/mol. The van der Waals surface area contributed by atoms with E-state index in [1.165, 1.54) is 4.88 Å². The normalized spacial score (nSPS) is 12.9. The summed E-state index contributed by atoms with van der Waals surface area (Å²) >= 11 is 13.6. The molecule has 0 saturated heterocycles. The van der Waals surface area contributed by atoms with Crippen LogP contribution in [0, 0.1) is 0 Å². The molecule has 0 spiro atoms. The van der Waals surface area contributed by atoms with Gasteiger partial charge in [0.2, 0.25) is 6.79 Å². The van der Waals surface area contributed by atoms with Crippen LogP contribution in [0.4, 0.5) is 0 Å². The van der Waals surface area contributed by atoms with Gasteiger partial charge in [0.15, 0.2) is 11.5 Å². The van der Waals surface area contributed by atoms with E-state index in [1.807, 2.05) is 24.3 Å². The molecule has 3 rings (SSSR count). The molecule has 1 aliphatic rings. The van der Waals surface area contributed by atoms with Crippen LogP contribution < -0.4 is 14.8 Å². The summed E-state index contributed by atoms with van der Waals surface area (Å²) in [4.78, 5) is 1.21. The summed E-state index contributed by atoms with van der Waals surface area (Å²) in [5.41, 5.74) is 1.07. The summed E-state index contributed by atoms with van der Waals surface area (Å²) in [5.74, 6) is 1.35. The predicted molar refractivity (Wildman–Crippen MR) is 77.4 cm³/mol. The summed E-state index contributed by atoms with van der Waals surface area (Å²) in [5, 5.41) is 3.94. The fraction of sp³-hybridized carbons (Fsp3) is 0.231. The summed E-state index contributed by atoms with van der Waals surface area (Å²) < 4.78 is 11.4. The summed E-state index contributed by atoms with van der Waals surface area (Å²) in [7, 11) is 0. The summed E-state index contributed by atoms with van der Waals surface area (Å²) in [6.07, 6.45) is 0. The molecule has 0 atom stereocenters. The topological polar surface area (TPSA) is 30.5 Å². The van der Waals surface area contributed by atoms with E-state index in [1.54, 1.807) is 11.3 Å². The first-order valence-corrected chi connectivity index (χ1v) is 7.32. The Bertz CT molecular complexity index is 600. The highest BCUT2D eigenvalue weighted by Gasteiger charge is 2.17. The Kier molecular flexibility index (Phi) is 3.84. The van der Waals surface area contributed by atoms with Crippen molar-refractivity contribution in [1.29, 1.82) is 0 Å². The van der Waals surface area contributed by atoms with E-state index in [2.05, 4.69) is 5.32 Å². The molecule has 0 amide bonds. The average Bonchev–Trinajstić information content (AvgIpc) is 2.98. The van der Waals surface area contributed by atoms with Gasteiger partial charge in [-0.05, 0) is 29.8 Å². The Labute approximate surface area is 125 Å². The molecule has 0 radical (unpaired) electrons. The number of hydrogen-bond acceptors (Lipinski definition) is 4. The molecule has 1 aromatic carbocycles. The first-order valence-electron chi connectivity index (χ1n) is 5.75. The summed E-state index contributed by atoms with van der Waals surface area (Å²) in [6.45, 7) is 1.73. The number of hydrogen-bond donors (Lipinski definition) is 1. The number of nitrogens with one attached hydrogen (secondary N) is 1. The SMILES string of the molecule is Clc1ccc(CNCc2cc(Cl)c3c(c2)OCO3)s1. The number of rotatable bonds is 4. The molecule has 1 aromatic heterocycles. The van der Waals surface area contributed by atoms with Gasteiger partial charge in [0.25, 0.3) is 0 Å². The molecular formula is C13H11Cl2NO2S. The van der Waals surface area contributed by atoms with Gasteiger partial charge in [0, 0.05) is 18.0 Å². The van der Waals surface area contributed by atoms with Crippen LogP contribution in [0.25, 0.3) is 0 Å². The van der Waals surface area contributed by atoms with Crippen molar-refractivity contribution in [2.45, 2.75) is 13.1 Å². The monoisotopic (exact) mass is 315 g/mol. The van der Waals surface area contributed by atoms with Crippen LogP contribution in [0.2, 0.25) is 9.36 Å².